The third-order valence-electron chi connectivity index (χ3n) is 3.83. The zero-order valence-corrected chi connectivity index (χ0v) is 15.5. The van der Waals surface area contributed by atoms with Gasteiger partial charge in [-0.15, -0.1) is 0 Å². The smallest absolute Gasteiger partial charge is 0.286 e. The van der Waals surface area contributed by atoms with Crippen LogP contribution in [0.25, 0.3) is 6.08 Å². The van der Waals surface area contributed by atoms with Gasteiger partial charge in [-0.05, 0) is 48.0 Å². The average molecular weight is 395 g/mol. The standard InChI is InChI=1S/C21H17NO5S/c23-21(22-24)20(15-16-7-3-1-4-8-16)28(25,26)19-13-11-18(12-14-19)27-17-9-5-2-6-10-17/h1-15,24H,(H,22,23)/b20-15+. The number of rotatable bonds is 6. The maximum atomic E-state index is 12.9. The minimum atomic E-state index is -4.17. The minimum absolute atomic E-state index is 0.0984. The average Bonchev–Trinajstić information content (AvgIpc) is 2.73. The fourth-order valence-corrected chi connectivity index (χ4v) is 3.79. The summed E-state index contributed by atoms with van der Waals surface area (Å²) in [7, 11) is -4.17. The Hall–Kier alpha value is -3.42. The lowest BCUT2D eigenvalue weighted by molar-refractivity contribution is -0.124. The van der Waals surface area contributed by atoms with Crippen LogP contribution >= 0.6 is 0 Å². The lowest BCUT2D eigenvalue weighted by Gasteiger charge is -2.10. The van der Waals surface area contributed by atoms with Gasteiger partial charge in [-0.25, -0.2) is 13.9 Å². The molecule has 28 heavy (non-hydrogen) atoms. The molecule has 0 saturated heterocycles. The number of nitrogens with one attached hydrogen (secondary N) is 1. The first-order chi connectivity index (χ1) is 13.5. The predicted octanol–water partition coefficient (Wildman–Crippen LogP) is 3.80. The van der Waals surface area contributed by atoms with Crippen molar-refractivity contribution in [2.24, 2.45) is 0 Å². The van der Waals surface area contributed by atoms with E-state index in [1.165, 1.54) is 35.8 Å². The SMILES string of the molecule is O=C(NO)/C(=C\c1ccccc1)S(=O)(=O)c1ccc(Oc2ccccc2)cc1. The van der Waals surface area contributed by atoms with Crippen molar-refractivity contribution in [3.05, 3.63) is 95.4 Å². The van der Waals surface area contributed by atoms with Crippen molar-refractivity contribution in [2.75, 3.05) is 0 Å². The molecule has 0 fully saturated rings. The number of hydrogen-bond acceptors (Lipinski definition) is 5. The van der Waals surface area contributed by atoms with Crippen molar-refractivity contribution in [3.8, 4) is 11.5 Å². The van der Waals surface area contributed by atoms with E-state index in [0.29, 0.717) is 17.1 Å². The van der Waals surface area contributed by atoms with E-state index in [1.807, 2.05) is 18.2 Å². The van der Waals surface area contributed by atoms with Gasteiger partial charge in [0.05, 0.1) is 4.90 Å². The lowest BCUT2D eigenvalue weighted by atomic mass is 10.2. The molecule has 0 radical (unpaired) electrons. The largest absolute Gasteiger partial charge is 0.457 e. The highest BCUT2D eigenvalue weighted by Gasteiger charge is 2.27. The van der Waals surface area contributed by atoms with Gasteiger partial charge in [-0.1, -0.05) is 48.5 Å². The number of amides is 1. The Bertz CT molecular complexity index is 1080. The molecule has 1 amide bonds. The second-order valence-electron chi connectivity index (χ2n) is 5.75. The Morgan fingerprint density at radius 1 is 0.821 bits per heavy atom. The number of ether oxygens (including phenoxy) is 1. The first kappa shape index (κ1) is 19.3. The predicted molar refractivity (Wildman–Crippen MR) is 104 cm³/mol. The van der Waals surface area contributed by atoms with Crippen LogP contribution in [0.2, 0.25) is 0 Å². The highest BCUT2D eigenvalue weighted by atomic mass is 32.2. The number of benzene rings is 3. The second-order valence-corrected chi connectivity index (χ2v) is 7.67. The molecule has 0 spiro atoms. The highest BCUT2D eigenvalue weighted by molar-refractivity contribution is 7.96. The highest BCUT2D eigenvalue weighted by Crippen LogP contribution is 2.26. The maximum absolute atomic E-state index is 12.9. The van der Waals surface area contributed by atoms with E-state index in [4.69, 9.17) is 9.94 Å². The van der Waals surface area contributed by atoms with Crippen molar-refractivity contribution >= 4 is 21.8 Å². The van der Waals surface area contributed by atoms with Gasteiger partial charge in [0, 0.05) is 0 Å². The molecule has 142 valence electrons. The first-order valence-corrected chi connectivity index (χ1v) is 9.78. The normalized spacial score (nSPS) is 11.7. The van der Waals surface area contributed by atoms with E-state index >= 15 is 0 Å². The van der Waals surface area contributed by atoms with E-state index in [9.17, 15) is 13.2 Å². The third-order valence-corrected chi connectivity index (χ3v) is 5.60. The van der Waals surface area contributed by atoms with Gasteiger partial charge in [0.1, 0.15) is 16.4 Å². The fourth-order valence-electron chi connectivity index (χ4n) is 2.46. The van der Waals surface area contributed by atoms with Gasteiger partial charge in [0.15, 0.2) is 0 Å². The minimum Gasteiger partial charge on any atom is -0.457 e. The fraction of sp³-hybridized carbons (Fsp3) is 0. The summed E-state index contributed by atoms with van der Waals surface area (Å²) < 4.78 is 31.5. The molecule has 0 atom stereocenters. The molecular formula is C21H17NO5S. The van der Waals surface area contributed by atoms with Crippen LogP contribution in [0.5, 0.6) is 11.5 Å². The van der Waals surface area contributed by atoms with E-state index in [-0.39, 0.29) is 4.90 Å². The number of carbonyl (C=O) groups is 1. The van der Waals surface area contributed by atoms with Gasteiger partial charge in [0.2, 0.25) is 9.84 Å². The molecule has 3 aromatic rings. The van der Waals surface area contributed by atoms with E-state index in [2.05, 4.69) is 0 Å². The Morgan fingerprint density at radius 3 is 1.93 bits per heavy atom. The molecule has 6 nitrogen and oxygen atoms in total. The van der Waals surface area contributed by atoms with Crippen LogP contribution < -0.4 is 10.2 Å². The van der Waals surface area contributed by atoms with Crippen molar-refractivity contribution < 1.29 is 23.2 Å². The van der Waals surface area contributed by atoms with Gasteiger partial charge in [-0.3, -0.25) is 10.0 Å². The van der Waals surface area contributed by atoms with Crippen LogP contribution in [0.1, 0.15) is 5.56 Å². The van der Waals surface area contributed by atoms with Gasteiger partial charge < -0.3 is 4.74 Å². The summed E-state index contributed by atoms with van der Waals surface area (Å²) in [6.07, 6.45) is 1.20. The summed E-state index contributed by atoms with van der Waals surface area (Å²) >= 11 is 0. The summed E-state index contributed by atoms with van der Waals surface area (Å²) in [5, 5.41) is 8.98. The van der Waals surface area contributed by atoms with Crippen LogP contribution in [-0.4, -0.2) is 19.5 Å². The topological polar surface area (TPSA) is 92.7 Å². The zero-order valence-electron chi connectivity index (χ0n) is 14.6. The summed E-state index contributed by atoms with van der Waals surface area (Å²) in [6, 6.07) is 23.2. The van der Waals surface area contributed by atoms with Gasteiger partial charge in [0.25, 0.3) is 5.91 Å². The lowest BCUT2D eigenvalue weighted by Crippen LogP contribution is -2.25. The molecule has 0 aromatic heterocycles. The molecule has 3 rings (SSSR count). The van der Waals surface area contributed by atoms with E-state index in [0.717, 1.165) is 0 Å². The van der Waals surface area contributed by atoms with E-state index in [1.54, 1.807) is 42.5 Å². The Labute approximate surface area is 162 Å². The molecule has 7 heteroatoms. The Kier molecular flexibility index (Phi) is 5.88. The molecule has 0 unspecified atom stereocenters. The zero-order chi connectivity index (χ0) is 20.0. The summed E-state index contributed by atoms with van der Waals surface area (Å²) in [5.41, 5.74) is 1.90. The molecule has 0 bridgehead atoms. The molecule has 0 aliphatic rings. The second kappa shape index (κ2) is 8.51. The van der Waals surface area contributed by atoms with Crippen LogP contribution in [0.15, 0.2) is 94.7 Å². The monoisotopic (exact) mass is 395 g/mol. The van der Waals surface area contributed by atoms with Crippen molar-refractivity contribution in [1.29, 1.82) is 0 Å². The molecule has 0 aliphatic carbocycles. The molecule has 0 heterocycles. The Balaban J connectivity index is 1.93. The number of sulfone groups is 1. The number of para-hydroxylation sites is 1. The molecular weight excluding hydrogens is 378 g/mol. The van der Waals surface area contributed by atoms with Crippen LogP contribution in [0.4, 0.5) is 0 Å². The van der Waals surface area contributed by atoms with Gasteiger partial charge >= 0.3 is 0 Å². The first-order valence-electron chi connectivity index (χ1n) is 8.30. The third kappa shape index (κ3) is 4.46. The number of hydrogen-bond donors (Lipinski definition) is 2. The van der Waals surface area contributed by atoms with Crippen LogP contribution in [0, 0.1) is 0 Å². The molecule has 3 aromatic carbocycles. The quantitative estimate of drug-likeness (QED) is 0.376. The summed E-state index contributed by atoms with van der Waals surface area (Å²) in [5.74, 6) is -0.0544. The van der Waals surface area contributed by atoms with Crippen LogP contribution in [-0.2, 0) is 14.6 Å². The molecule has 2 N–H and O–H groups in total. The van der Waals surface area contributed by atoms with Crippen molar-refractivity contribution in [2.45, 2.75) is 4.90 Å². The van der Waals surface area contributed by atoms with Crippen molar-refractivity contribution in [3.63, 3.8) is 0 Å². The molecule has 0 aliphatic heterocycles. The summed E-state index contributed by atoms with van der Waals surface area (Å²) in [4.78, 5) is 11.3. The Morgan fingerprint density at radius 2 is 1.36 bits per heavy atom. The number of carbonyl (C=O) groups excluding carboxylic acids is 1. The maximum Gasteiger partial charge on any atom is 0.286 e. The van der Waals surface area contributed by atoms with Crippen molar-refractivity contribution in [1.82, 2.24) is 5.48 Å². The summed E-state index contributed by atoms with van der Waals surface area (Å²) in [6.45, 7) is 0. The van der Waals surface area contributed by atoms with Gasteiger partial charge in [-0.2, -0.15) is 0 Å². The van der Waals surface area contributed by atoms with Crippen LogP contribution in [0.3, 0.4) is 0 Å². The van der Waals surface area contributed by atoms with E-state index < -0.39 is 20.6 Å². The number of hydroxylamine groups is 1. The molecule has 0 saturated carbocycles.